The second-order valence-corrected chi connectivity index (χ2v) is 6.10. The summed E-state index contributed by atoms with van der Waals surface area (Å²) < 4.78 is 5.36. The fraction of sp³-hybridized carbons (Fsp3) is 0.529. The number of rotatable bonds is 7. The molecule has 2 atom stereocenters. The van der Waals surface area contributed by atoms with Gasteiger partial charge in [0, 0.05) is 25.1 Å². The Kier molecular flexibility index (Phi) is 5.12. The minimum absolute atomic E-state index is 0.173. The Morgan fingerprint density at radius 1 is 1.48 bits per heavy atom. The summed E-state index contributed by atoms with van der Waals surface area (Å²) in [5.41, 5.74) is 0. The lowest BCUT2D eigenvalue weighted by Gasteiger charge is -2.24. The summed E-state index contributed by atoms with van der Waals surface area (Å²) in [6.07, 6.45) is 7.27. The number of nitrogens with zero attached hydrogens (tertiary/aromatic N) is 3. The molecule has 0 amide bonds. The molecule has 6 nitrogen and oxygen atoms in total. The number of aromatic nitrogens is 2. The van der Waals surface area contributed by atoms with Crippen LogP contribution in [-0.2, 0) is 6.42 Å². The minimum atomic E-state index is 0.173. The minimum Gasteiger partial charge on any atom is -0.469 e. The van der Waals surface area contributed by atoms with Crippen molar-refractivity contribution in [2.75, 3.05) is 23.4 Å². The number of aryl methyl sites for hydroxylation is 1. The van der Waals surface area contributed by atoms with Gasteiger partial charge in [-0.2, -0.15) is 0 Å². The van der Waals surface area contributed by atoms with Crippen LogP contribution >= 0.6 is 0 Å². The van der Waals surface area contributed by atoms with E-state index < -0.39 is 0 Å². The van der Waals surface area contributed by atoms with Crippen molar-refractivity contribution in [2.45, 2.75) is 44.7 Å². The number of hydrogen-bond donors (Lipinski definition) is 2. The van der Waals surface area contributed by atoms with E-state index in [0.29, 0.717) is 0 Å². The van der Waals surface area contributed by atoms with Crippen LogP contribution in [0.5, 0.6) is 0 Å². The molecule has 0 spiro atoms. The highest BCUT2D eigenvalue weighted by molar-refractivity contribution is 5.50. The van der Waals surface area contributed by atoms with Crippen LogP contribution in [0.2, 0.25) is 0 Å². The van der Waals surface area contributed by atoms with Gasteiger partial charge >= 0.3 is 0 Å². The molecule has 0 bridgehead atoms. The van der Waals surface area contributed by atoms with Gasteiger partial charge in [0.2, 0.25) is 0 Å². The van der Waals surface area contributed by atoms with Crippen molar-refractivity contribution in [3.05, 3.63) is 36.5 Å². The molecule has 1 aliphatic rings. The summed E-state index contributed by atoms with van der Waals surface area (Å²) in [4.78, 5) is 10.8. The molecule has 0 radical (unpaired) electrons. The van der Waals surface area contributed by atoms with Gasteiger partial charge in [0.15, 0.2) is 0 Å². The molecule has 2 N–H and O–H groups in total. The number of furan rings is 1. The third-order valence-electron chi connectivity index (χ3n) is 4.33. The van der Waals surface area contributed by atoms with Crippen LogP contribution in [-0.4, -0.2) is 40.3 Å². The van der Waals surface area contributed by atoms with E-state index >= 15 is 0 Å². The number of hydrogen-bond acceptors (Lipinski definition) is 6. The average Bonchev–Trinajstić information content (AvgIpc) is 3.24. The number of nitrogens with one attached hydrogen (secondary N) is 1. The van der Waals surface area contributed by atoms with Gasteiger partial charge in [-0.25, -0.2) is 9.97 Å². The highest BCUT2D eigenvalue weighted by Crippen LogP contribution is 2.24. The van der Waals surface area contributed by atoms with Crippen molar-refractivity contribution in [3.63, 3.8) is 0 Å². The van der Waals surface area contributed by atoms with E-state index in [0.717, 1.165) is 49.6 Å². The standard InChI is InChI=1S/C17H24N4O2/c1-13(6-7-15-5-3-9-23-15)20-16-10-17(19-12-18-16)21-8-2-4-14(21)11-22/h3,5,9-10,12-14,22H,2,4,6-8,11H2,1H3,(H,18,19,20). The molecule has 2 unspecified atom stereocenters. The highest BCUT2D eigenvalue weighted by atomic mass is 16.3. The molecule has 3 rings (SSSR count). The van der Waals surface area contributed by atoms with Crippen LogP contribution in [0.4, 0.5) is 11.6 Å². The number of aliphatic hydroxyl groups excluding tert-OH is 1. The zero-order valence-electron chi connectivity index (χ0n) is 13.5. The molecule has 3 heterocycles. The molecular weight excluding hydrogens is 292 g/mol. The molecule has 0 aromatic carbocycles. The van der Waals surface area contributed by atoms with E-state index in [1.807, 2.05) is 18.2 Å². The predicted octanol–water partition coefficient (Wildman–Crippen LogP) is 2.46. The van der Waals surface area contributed by atoms with Crippen molar-refractivity contribution in [2.24, 2.45) is 0 Å². The van der Waals surface area contributed by atoms with E-state index in [-0.39, 0.29) is 18.7 Å². The van der Waals surface area contributed by atoms with Gasteiger partial charge in [-0.3, -0.25) is 0 Å². The smallest absolute Gasteiger partial charge is 0.134 e. The Morgan fingerprint density at radius 3 is 3.17 bits per heavy atom. The maximum Gasteiger partial charge on any atom is 0.134 e. The predicted molar refractivity (Wildman–Crippen MR) is 89.6 cm³/mol. The molecule has 0 aliphatic carbocycles. The van der Waals surface area contributed by atoms with Crippen molar-refractivity contribution >= 4 is 11.6 Å². The Morgan fingerprint density at radius 2 is 2.39 bits per heavy atom. The first-order valence-corrected chi connectivity index (χ1v) is 8.24. The number of anilines is 2. The van der Waals surface area contributed by atoms with Crippen LogP contribution in [0.3, 0.4) is 0 Å². The van der Waals surface area contributed by atoms with Crippen LogP contribution < -0.4 is 10.2 Å². The Labute approximate surface area is 136 Å². The van der Waals surface area contributed by atoms with Crippen LogP contribution in [0.15, 0.2) is 35.2 Å². The van der Waals surface area contributed by atoms with Gasteiger partial charge in [0.05, 0.1) is 18.9 Å². The fourth-order valence-electron chi connectivity index (χ4n) is 3.05. The van der Waals surface area contributed by atoms with Crippen molar-refractivity contribution in [1.29, 1.82) is 0 Å². The molecule has 1 aliphatic heterocycles. The third kappa shape index (κ3) is 4.01. The quantitative estimate of drug-likeness (QED) is 0.817. The average molecular weight is 316 g/mol. The SMILES string of the molecule is CC(CCc1ccco1)Nc1cc(N2CCCC2CO)ncn1. The second-order valence-electron chi connectivity index (χ2n) is 6.10. The lowest BCUT2D eigenvalue weighted by Crippen LogP contribution is -2.32. The molecule has 124 valence electrons. The zero-order valence-corrected chi connectivity index (χ0v) is 13.5. The van der Waals surface area contributed by atoms with E-state index in [4.69, 9.17) is 4.42 Å². The van der Waals surface area contributed by atoms with Gasteiger partial charge in [-0.05, 0) is 38.3 Å². The van der Waals surface area contributed by atoms with Crippen LogP contribution in [0.1, 0.15) is 31.9 Å². The molecule has 1 saturated heterocycles. The fourth-order valence-corrected chi connectivity index (χ4v) is 3.05. The molecule has 0 saturated carbocycles. The largest absolute Gasteiger partial charge is 0.469 e. The molecule has 23 heavy (non-hydrogen) atoms. The van der Waals surface area contributed by atoms with E-state index in [9.17, 15) is 5.11 Å². The first-order valence-electron chi connectivity index (χ1n) is 8.24. The summed E-state index contributed by atoms with van der Waals surface area (Å²) >= 11 is 0. The zero-order chi connectivity index (χ0) is 16.1. The van der Waals surface area contributed by atoms with Crippen LogP contribution in [0, 0.1) is 0 Å². The summed E-state index contributed by atoms with van der Waals surface area (Å²) in [6, 6.07) is 6.34. The van der Waals surface area contributed by atoms with Gasteiger partial charge < -0.3 is 19.7 Å². The summed E-state index contributed by atoms with van der Waals surface area (Å²) in [5, 5.41) is 12.9. The molecule has 6 heteroatoms. The lowest BCUT2D eigenvalue weighted by molar-refractivity contribution is 0.266. The van der Waals surface area contributed by atoms with Gasteiger partial charge in [-0.1, -0.05) is 0 Å². The van der Waals surface area contributed by atoms with Crippen molar-refractivity contribution in [3.8, 4) is 0 Å². The summed E-state index contributed by atoms with van der Waals surface area (Å²) in [6.45, 7) is 3.25. The topological polar surface area (TPSA) is 74.4 Å². The normalized spacial score (nSPS) is 19.0. The summed E-state index contributed by atoms with van der Waals surface area (Å²) in [5.74, 6) is 2.72. The van der Waals surface area contributed by atoms with Crippen molar-refractivity contribution in [1.82, 2.24) is 9.97 Å². The maximum absolute atomic E-state index is 9.46. The van der Waals surface area contributed by atoms with E-state index in [2.05, 4.69) is 27.1 Å². The Bertz CT molecular complexity index is 602. The Balaban J connectivity index is 1.58. The first-order chi connectivity index (χ1) is 11.3. The van der Waals surface area contributed by atoms with E-state index in [1.165, 1.54) is 0 Å². The molecular formula is C17H24N4O2. The second kappa shape index (κ2) is 7.46. The molecule has 2 aromatic heterocycles. The highest BCUT2D eigenvalue weighted by Gasteiger charge is 2.25. The maximum atomic E-state index is 9.46. The first kappa shape index (κ1) is 15.8. The third-order valence-corrected chi connectivity index (χ3v) is 4.33. The Hall–Kier alpha value is -2.08. The summed E-state index contributed by atoms with van der Waals surface area (Å²) in [7, 11) is 0. The molecule has 2 aromatic rings. The monoisotopic (exact) mass is 316 g/mol. The molecule has 1 fully saturated rings. The number of aliphatic hydroxyl groups is 1. The lowest BCUT2D eigenvalue weighted by atomic mass is 10.1. The van der Waals surface area contributed by atoms with Crippen molar-refractivity contribution < 1.29 is 9.52 Å². The van der Waals surface area contributed by atoms with Gasteiger partial charge in [0.1, 0.15) is 23.7 Å². The van der Waals surface area contributed by atoms with Gasteiger partial charge in [0.25, 0.3) is 0 Å². The van der Waals surface area contributed by atoms with E-state index in [1.54, 1.807) is 12.6 Å². The van der Waals surface area contributed by atoms with Gasteiger partial charge in [-0.15, -0.1) is 0 Å². The van der Waals surface area contributed by atoms with Crippen LogP contribution in [0.25, 0.3) is 0 Å².